The summed E-state index contributed by atoms with van der Waals surface area (Å²) < 4.78 is 32.3. The lowest BCUT2D eigenvalue weighted by atomic mass is 10.1. The summed E-state index contributed by atoms with van der Waals surface area (Å²) in [6.07, 6.45) is 2.07. The van der Waals surface area contributed by atoms with Crippen molar-refractivity contribution in [2.45, 2.75) is 37.2 Å². The highest BCUT2D eigenvalue weighted by Gasteiger charge is 2.24. The maximum atomic E-state index is 12.2. The number of piperidine rings is 1. The van der Waals surface area contributed by atoms with Crippen molar-refractivity contribution >= 4 is 27.5 Å². The monoisotopic (exact) mass is 374 g/mol. The van der Waals surface area contributed by atoms with Gasteiger partial charge in [-0.25, -0.2) is 13.1 Å². The molecule has 8 heteroatoms. The predicted molar refractivity (Wildman–Crippen MR) is 92.5 cm³/mol. The Hall–Kier alpha value is -1.15. The molecule has 6 nitrogen and oxygen atoms in total. The molecule has 1 aromatic rings. The number of hydrogen-bond acceptors (Lipinski definition) is 4. The molecule has 0 aliphatic carbocycles. The van der Waals surface area contributed by atoms with E-state index in [1.54, 1.807) is 17.0 Å². The van der Waals surface area contributed by atoms with Gasteiger partial charge in [-0.1, -0.05) is 17.7 Å². The molecular weight excluding hydrogens is 352 g/mol. The number of amides is 1. The van der Waals surface area contributed by atoms with Crippen LogP contribution in [0.1, 0.15) is 26.2 Å². The molecule has 1 amide bonds. The molecule has 24 heavy (non-hydrogen) atoms. The number of hydrogen-bond donors (Lipinski definition) is 1. The fourth-order valence-electron chi connectivity index (χ4n) is 2.70. The first-order valence-electron chi connectivity index (χ1n) is 8.07. The lowest BCUT2D eigenvalue weighted by Gasteiger charge is -2.32. The fraction of sp³-hybridized carbons (Fsp3) is 0.562. The van der Waals surface area contributed by atoms with Crippen molar-refractivity contribution in [3.05, 3.63) is 29.3 Å². The number of benzene rings is 1. The van der Waals surface area contributed by atoms with Crippen molar-refractivity contribution in [1.29, 1.82) is 0 Å². The molecule has 0 bridgehead atoms. The van der Waals surface area contributed by atoms with Gasteiger partial charge in [-0.05, 0) is 38.0 Å². The average molecular weight is 375 g/mol. The Morgan fingerprint density at radius 2 is 2.25 bits per heavy atom. The Morgan fingerprint density at radius 1 is 1.46 bits per heavy atom. The van der Waals surface area contributed by atoms with Gasteiger partial charge in [0, 0.05) is 37.7 Å². The molecule has 1 fully saturated rings. The van der Waals surface area contributed by atoms with E-state index in [0.717, 1.165) is 12.8 Å². The SMILES string of the molecule is CCOC1CCCN(C(=O)CCNS(=O)(=O)c2cccc(Cl)c2)C1. The third-order valence-corrected chi connectivity index (χ3v) is 5.56. The maximum absolute atomic E-state index is 12.2. The van der Waals surface area contributed by atoms with Gasteiger partial charge in [0.2, 0.25) is 15.9 Å². The quantitative estimate of drug-likeness (QED) is 0.792. The molecule has 0 aromatic heterocycles. The number of carbonyl (C=O) groups is 1. The summed E-state index contributed by atoms with van der Waals surface area (Å²) >= 11 is 5.81. The smallest absolute Gasteiger partial charge is 0.240 e. The van der Waals surface area contributed by atoms with E-state index in [4.69, 9.17) is 16.3 Å². The van der Waals surface area contributed by atoms with Gasteiger partial charge >= 0.3 is 0 Å². The number of ether oxygens (including phenoxy) is 1. The van der Waals surface area contributed by atoms with Crippen LogP contribution in [-0.2, 0) is 19.6 Å². The van der Waals surface area contributed by atoms with Crippen molar-refractivity contribution in [3.63, 3.8) is 0 Å². The van der Waals surface area contributed by atoms with Crippen LogP contribution in [0.25, 0.3) is 0 Å². The maximum Gasteiger partial charge on any atom is 0.240 e. The lowest BCUT2D eigenvalue weighted by Crippen LogP contribution is -2.44. The van der Waals surface area contributed by atoms with E-state index in [-0.39, 0.29) is 29.9 Å². The van der Waals surface area contributed by atoms with Gasteiger partial charge in [-0.2, -0.15) is 0 Å². The summed E-state index contributed by atoms with van der Waals surface area (Å²) in [6.45, 7) is 3.90. The Bertz CT molecular complexity index is 664. The largest absolute Gasteiger partial charge is 0.377 e. The van der Waals surface area contributed by atoms with Crippen LogP contribution < -0.4 is 4.72 Å². The van der Waals surface area contributed by atoms with Gasteiger partial charge in [0.1, 0.15) is 0 Å². The predicted octanol–water partition coefficient (Wildman–Crippen LogP) is 2.04. The highest BCUT2D eigenvalue weighted by atomic mass is 35.5. The van der Waals surface area contributed by atoms with Crippen LogP contribution in [0.15, 0.2) is 29.2 Å². The summed E-state index contributed by atoms with van der Waals surface area (Å²) in [5, 5.41) is 0.351. The molecule has 2 rings (SSSR count). The van der Waals surface area contributed by atoms with E-state index < -0.39 is 10.0 Å². The molecule has 0 spiro atoms. The Kier molecular flexibility index (Phi) is 7.03. The number of likely N-dealkylation sites (tertiary alicyclic amines) is 1. The zero-order valence-corrected chi connectivity index (χ0v) is 15.3. The minimum atomic E-state index is -3.66. The number of rotatable bonds is 7. The van der Waals surface area contributed by atoms with E-state index in [0.29, 0.717) is 24.7 Å². The number of nitrogens with zero attached hydrogens (tertiary/aromatic N) is 1. The second kappa shape index (κ2) is 8.80. The van der Waals surface area contributed by atoms with E-state index >= 15 is 0 Å². The van der Waals surface area contributed by atoms with Crippen LogP contribution in [0.3, 0.4) is 0 Å². The van der Waals surface area contributed by atoms with Gasteiger partial charge in [0.05, 0.1) is 11.0 Å². The topological polar surface area (TPSA) is 75.7 Å². The molecule has 134 valence electrons. The van der Waals surface area contributed by atoms with E-state index in [9.17, 15) is 13.2 Å². The zero-order chi connectivity index (χ0) is 17.6. The van der Waals surface area contributed by atoms with Crippen LogP contribution in [0.5, 0.6) is 0 Å². The first-order chi connectivity index (χ1) is 11.4. The summed E-state index contributed by atoms with van der Waals surface area (Å²) in [4.78, 5) is 14.1. The van der Waals surface area contributed by atoms with Crippen LogP contribution in [0, 0.1) is 0 Å². The molecule has 0 radical (unpaired) electrons. The third-order valence-electron chi connectivity index (χ3n) is 3.87. The summed E-state index contributed by atoms with van der Waals surface area (Å²) in [7, 11) is -3.66. The fourth-order valence-corrected chi connectivity index (χ4v) is 4.04. The molecule has 1 heterocycles. The van der Waals surface area contributed by atoms with Crippen molar-refractivity contribution in [2.75, 3.05) is 26.2 Å². The lowest BCUT2D eigenvalue weighted by molar-refractivity contribution is -0.135. The molecule has 1 saturated heterocycles. The number of halogens is 1. The first-order valence-corrected chi connectivity index (χ1v) is 9.93. The highest BCUT2D eigenvalue weighted by molar-refractivity contribution is 7.89. The van der Waals surface area contributed by atoms with Crippen LogP contribution in [0.4, 0.5) is 0 Å². The second-order valence-electron chi connectivity index (χ2n) is 5.66. The molecule has 1 aliphatic heterocycles. The number of nitrogens with one attached hydrogen (secondary N) is 1. The second-order valence-corrected chi connectivity index (χ2v) is 7.87. The van der Waals surface area contributed by atoms with Crippen molar-refractivity contribution in [2.24, 2.45) is 0 Å². The molecule has 0 saturated carbocycles. The van der Waals surface area contributed by atoms with Crippen LogP contribution in [-0.4, -0.2) is 51.6 Å². The Morgan fingerprint density at radius 3 is 2.96 bits per heavy atom. The molecule has 1 N–H and O–H groups in total. The third kappa shape index (κ3) is 5.44. The summed E-state index contributed by atoms with van der Waals surface area (Å²) in [5.74, 6) is -0.0619. The number of carbonyl (C=O) groups excluding carboxylic acids is 1. The van der Waals surface area contributed by atoms with Crippen molar-refractivity contribution in [1.82, 2.24) is 9.62 Å². The minimum absolute atomic E-state index is 0.0590. The van der Waals surface area contributed by atoms with Gasteiger partial charge in [0.15, 0.2) is 0 Å². The minimum Gasteiger partial charge on any atom is -0.377 e. The Balaban J connectivity index is 1.83. The van der Waals surface area contributed by atoms with E-state index in [1.807, 2.05) is 6.92 Å². The molecule has 1 atom stereocenters. The first kappa shape index (κ1) is 19.2. The average Bonchev–Trinajstić information content (AvgIpc) is 2.55. The number of sulfonamides is 1. The standard InChI is InChI=1S/C16H23ClN2O4S/c1-2-23-14-6-4-10-19(12-14)16(20)8-9-18-24(21,22)15-7-3-5-13(17)11-15/h3,5,7,11,14,18H,2,4,6,8-10,12H2,1H3. The van der Waals surface area contributed by atoms with Crippen LogP contribution >= 0.6 is 11.6 Å². The van der Waals surface area contributed by atoms with Gasteiger partial charge in [-0.15, -0.1) is 0 Å². The van der Waals surface area contributed by atoms with E-state index in [1.165, 1.54) is 12.1 Å². The van der Waals surface area contributed by atoms with Gasteiger partial charge < -0.3 is 9.64 Å². The van der Waals surface area contributed by atoms with Crippen LogP contribution in [0.2, 0.25) is 5.02 Å². The molecular formula is C16H23ClN2O4S. The molecule has 1 aliphatic rings. The van der Waals surface area contributed by atoms with Gasteiger partial charge in [-0.3, -0.25) is 4.79 Å². The normalized spacial score (nSPS) is 18.6. The zero-order valence-electron chi connectivity index (χ0n) is 13.7. The Labute approximate surface area is 148 Å². The van der Waals surface area contributed by atoms with Crippen molar-refractivity contribution < 1.29 is 17.9 Å². The molecule has 1 unspecified atom stereocenters. The summed E-state index contributed by atoms with van der Waals surface area (Å²) in [5.41, 5.74) is 0. The molecule has 1 aromatic carbocycles. The summed E-state index contributed by atoms with van der Waals surface area (Å²) in [6, 6.07) is 6.02. The van der Waals surface area contributed by atoms with Crippen molar-refractivity contribution in [3.8, 4) is 0 Å². The van der Waals surface area contributed by atoms with E-state index in [2.05, 4.69) is 4.72 Å². The van der Waals surface area contributed by atoms with Gasteiger partial charge in [0.25, 0.3) is 0 Å². The highest BCUT2D eigenvalue weighted by Crippen LogP contribution is 2.16.